The molecule has 0 N–H and O–H groups in total. The largest absolute Gasteiger partial charge is 0.537 e. The lowest BCUT2D eigenvalue weighted by atomic mass is 11.4. The van der Waals surface area contributed by atoms with Crippen LogP contribution in [-0.2, 0) is 19.7 Å². The van der Waals surface area contributed by atoms with E-state index in [9.17, 15) is 30.6 Å². The summed E-state index contributed by atoms with van der Waals surface area (Å²) < 4.78 is 80.5. The molecule has 12 heavy (non-hydrogen) atoms. The summed E-state index contributed by atoms with van der Waals surface area (Å²) in [5.74, 6) is 0. The van der Waals surface area contributed by atoms with Crippen molar-refractivity contribution in [1.82, 2.24) is 0 Å². The van der Waals surface area contributed by atoms with Gasteiger partial charge >= 0.3 is 24.1 Å². The first-order chi connectivity index (χ1) is 5.10. The summed E-state index contributed by atoms with van der Waals surface area (Å²) in [7, 11) is 0. The Labute approximate surface area is 64.1 Å². The molecule has 0 radical (unpaired) electrons. The molecule has 0 saturated heterocycles. The number of halogens is 6. The van der Waals surface area contributed by atoms with Crippen LogP contribution in [-0.4, -0.2) is 16.9 Å². The van der Waals surface area contributed by atoms with Crippen molar-refractivity contribution in [2.24, 2.45) is 0 Å². The summed E-state index contributed by atoms with van der Waals surface area (Å²) in [6.45, 7) is 0. The van der Waals surface area contributed by atoms with Gasteiger partial charge in [0.15, 0.2) is 0 Å². The van der Waals surface area contributed by atoms with Crippen molar-refractivity contribution in [3.8, 4) is 0 Å². The average Bonchev–Trinajstić information content (AvgIpc) is 1.49. The fraction of sp³-hybridized carbons (Fsp3) is 1.00. The Bertz CT molecular complexity index is 153. The van der Waals surface area contributed by atoms with Crippen molar-refractivity contribution in [3.63, 3.8) is 0 Å². The van der Waals surface area contributed by atoms with Gasteiger partial charge in [0.1, 0.15) is 0 Å². The second kappa shape index (κ2) is 3.58. The van der Waals surface area contributed by atoms with Crippen molar-refractivity contribution in [2.75, 3.05) is 0 Å². The first-order valence-electron chi connectivity index (χ1n) is 2.04. The third-order valence-electron chi connectivity index (χ3n) is 0.325. The van der Waals surface area contributed by atoms with Gasteiger partial charge in [-0.1, -0.05) is 0 Å². The molecule has 0 heterocycles. The van der Waals surface area contributed by atoms with Crippen molar-refractivity contribution in [2.45, 2.75) is 12.7 Å². The smallest absolute Gasteiger partial charge is 0.197 e. The summed E-state index contributed by atoms with van der Waals surface area (Å²) in [6.07, 6.45) is -10.9. The molecule has 74 valence electrons. The van der Waals surface area contributed by atoms with Crippen molar-refractivity contribution >= 4 is 11.4 Å². The molecule has 0 bridgehead atoms. The molecule has 0 atom stereocenters. The predicted molar refractivity (Wildman–Crippen MR) is 22.4 cm³/mol. The van der Waals surface area contributed by atoms with E-state index in [4.69, 9.17) is 0 Å². The Kier molecular flexibility index (Phi) is 3.47. The highest BCUT2D eigenvalue weighted by atomic mass is 32.2. The number of hydrogen-bond donors (Lipinski definition) is 0. The summed E-state index contributed by atoms with van der Waals surface area (Å²) >= 11 is -3.91. The van der Waals surface area contributed by atoms with Crippen LogP contribution in [0.1, 0.15) is 0 Å². The molecule has 10 heteroatoms. The van der Waals surface area contributed by atoms with E-state index < -0.39 is 24.1 Å². The highest BCUT2D eigenvalue weighted by Gasteiger charge is 2.40. The summed E-state index contributed by atoms with van der Waals surface area (Å²) in [5, 5.41) is 0. The van der Waals surface area contributed by atoms with Gasteiger partial charge in [-0.3, -0.25) is 0 Å². The number of alkyl halides is 6. The van der Waals surface area contributed by atoms with Crippen molar-refractivity contribution in [1.29, 1.82) is 0 Å². The van der Waals surface area contributed by atoms with Crippen LogP contribution in [0, 0.1) is 0 Å². The minimum atomic E-state index is -5.43. The van der Waals surface area contributed by atoms with E-state index in [0.29, 0.717) is 0 Å². The van der Waals surface area contributed by atoms with Gasteiger partial charge in [-0.2, -0.15) is 12.6 Å². The molecule has 0 amide bonds. The molecule has 0 saturated carbocycles. The Hall–Kier alpha value is -0.350. The molecular formula is C2F6O3S. The van der Waals surface area contributed by atoms with Gasteiger partial charge in [-0.15, -0.1) is 26.3 Å². The lowest BCUT2D eigenvalue weighted by Crippen LogP contribution is -2.22. The average molecular weight is 218 g/mol. The SMILES string of the molecule is O=S(OC(F)(F)F)OC(F)(F)F. The summed E-state index contributed by atoms with van der Waals surface area (Å²) in [6, 6.07) is 0. The summed E-state index contributed by atoms with van der Waals surface area (Å²) in [5.41, 5.74) is 0. The van der Waals surface area contributed by atoms with Gasteiger partial charge in [0, 0.05) is 0 Å². The van der Waals surface area contributed by atoms with Gasteiger partial charge in [0.2, 0.25) is 0 Å². The van der Waals surface area contributed by atoms with E-state index in [1.54, 1.807) is 0 Å². The fourth-order valence-corrected chi connectivity index (χ4v) is 0.514. The Morgan fingerprint density at radius 1 is 0.833 bits per heavy atom. The van der Waals surface area contributed by atoms with Crippen LogP contribution in [0.4, 0.5) is 26.3 Å². The minimum absolute atomic E-state index is 2.34. The minimum Gasteiger partial charge on any atom is -0.197 e. The molecule has 0 aliphatic heterocycles. The maximum absolute atomic E-state index is 11.0. The highest BCUT2D eigenvalue weighted by molar-refractivity contribution is 7.75. The van der Waals surface area contributed by atoms with Gasteiger partial charge in [-0.05, 0) is 0 Å². The maximum atomic E-state index is 11.0. The lowest BCUT2D eigenvalue weighted by molar-refractivity contribution is -0.298. The monoisotopic (exact) mass is 218 g/mol. The predicted octanol–water partition coefficient (Wildman–Crippen LogP) is 1.64. The lowest BCUT2D eigenvalue weighted by Gasteiger charge is -2.07. The highest BCUT2D eigenvalue weighted by Crippen LogP contribution is 2.23. The van der Waals surface area contributed by atoms with E-state index in [-0.39, 0.29) is 0 Å². The topological polar surface area (TPSA) is 35.5 Å². The molecule has 3 nitrogen and oxygen atoms in total. The van der Waals surface area contributed by atoms with Gasteiger partial charge in [-0.25, -0.2) is 0 Å². The van der Waals surface area contributed by atoms with Gasteiger partial charge in [0.05, 0.1) is 0 Å². The molecule has 0 aromatic carbocycles. The van der Waals surface area contributed by atoms with E-state index >= 15 is 0 Å². The molecule has 0 aromatic rings. The van der Waals surface area contributed by atoms with E-state index in [2.05, 4.69) is 8.37 Å². The Morgan fingerprint density at radius 3 is 1.25 bits per heavy atom. The number of hydrogen-bond acceptors (Lipinski definition) is 3. The standard InChI is InChI=1S/C2F6O3S/c3-1(4,5)10-12(9)11-2(6,7)8. The van der Waals surface area contributed by atoms with E-state index in [1.807, 2.05) is 0 Å². The molecule has 0 aliphatic rings. The van der Waals surface area contributed by atoms with Crippen LogP contribution in [0.3, 0.4) is 0 Å². The van der Waals surface area contributed by atoms with E-state index in [0.717, 1.165) is 0 Å². The Balaban J connectivity index is 3.92. The molecule has 0 rings (SSSR count). The molecule has 0 unspecified atom stereocenters. The van der Waals surface area contributed by atoms with Gasteiger partial charge in [0.25, 0.3) is 0 Å². The van der Waals surface area contributed by atoms with Crippen LogP contribution >= 0.6 is 0 Å². The quantitative estimate of drug-likeness (QED) is 0.661. The molecule has 0 spiro atoms. The molecule has 0 aliphatic carbocycles. The van der Waals surface area contributed by atoms with Crippen LogP contribution in [0.15, 0.2) is 0 Å². The van der Waals surface area contributed by atoms with Crippen LogP contribution in [0.2, 0.25) is 0 Å². The van der Waals surface area contributed by atoms with Crippen LogP contribution in [0.25, 0.3) is 0 Å². The first-order valence-corrected chi connectivity index (χ1v) is 3.04. The zero-order valence-corrected chi connectivity index (χ0v) is 5.72. The van der Waals surface area contributed by atoms with Crippen molar-refractivity contribution < 1.29 is 38.9 Å². The third-order valence-corrected chi connectivity index (χ3v) is 0.975. The summed E-state index contributed by atoms with van der Waals surface area (Å²) in [4.78, 5) is 0. The molecule has 0 aromatic heterocycles. The van der Waals surface area contributed by atoms with Crippen LogP contribution in [0.5, 0.6) is 0 Å². The van der Waals surface area contributed by atoms with Gasteiger partial charge < -0.3 is 0 Å². The maximum Gasteiger partial charge on any atom is 0.537 e. The molecular weight excluding hydrogens is 218 g/mol. The fourth-order valence-electron chi connectivity index (χ4n) is 0.171. The first kappa shape index (κ1) is 11.6. The Morgan fingerprint density at radius 2 is 1.08 bits per heavy atom. The normalized spacial score (nSPS) is 13.9. The third kappa shape index (κ3) is 7.75. The molecule has 0 fully saturated rings. The van der Waals surface area contributed by atoms with Crippen molar-refractivity contribution in [3.05, 3.63) is 0 Å². The second-order valence-electron chi connectivity index (χ2n) is 1.26. The van der Waals surface area contributed by atoms with Crippen LogP contribution < -0.4 is 0 Å². The van der Waals surface area contributed by atoms with E-state index in [1.165, 1.54) is 0 Å². The second-order valence-corrected chi connectivity index (χ2v) is 2.00. The zero-order chi connectivity index (χ0) is 9.99. The zero-order valence-electron chi connectivity index (χ0n) is 4.90. The number of rotatable bonds is 2.